The van der Waals surface area contributed by atoms with Gasteiger partial charge in [-0.05, 0) is 83.1 Å². The number of hydrogen-bond acceptors (Lipinski definition) is 4. The molecular formula is C22H24S4. The summed E-state index contributed by atoms with van der Waals surface area (Å²) in [5.41, 5.74) is 4.72. The number of rotatable bonds is 0. The highest BCUT2D eigenvalue weighted by molar-refractivity contribution is 7.98. The predicted octanol–water partition coefficient (Wildman–Crippen LogP) is 7.52. The number of hydrogen-bond donors (Lipinski definition) is 0. The Hall–Kier alpha value is -0.810. The Bertz CT molecular complexity index is 788. The molecule has 0 nitrogen and oxygen atoms in total. The third-order valence-electron chi connectivity index (χ3n) is 4.91. The molecule has 0 aromatic carbocycles. The maximum atomic E-state index is 2.28. The van der Waals surface area contributed by atoms with E-state index in [4.69, 9.17) is 0 Å². The highest BCUT2D eigenvalue weighted by Crippen LogP contribution is 2.33. The van der Waals surface area contributed by atoms with Gasteiger partial charge in [0.2, 0.25) is 0 Å². The van der Waals surface area contributed by atoms with E-state index in [9.17, 15) is 0 Å². The van der Waals surface area contributed by atoms with Crippen molar-refractivity contribution in [3.8, 4) is 0 Å². The number of fused-ring (bicyclic) bond motifs is 3. The summed E-state index contributed by atoms with van der Waals surface area (Å²) < 4.78 is 0. The van der Waals surface area contributed by atoms with Crippen LogP contribution in [0.15, 0.2) is 46.5 Å². The molecule has 4 heteroatoms. The molecule has 0 saturated heterocycles. The molecule has 0 saturated carbocycles. The maximum Gasteiger partial charge on any atom is 0.0285 e. The highest BCUT2D eigenvalue weighted by atomic mass is 32.2. The lowest BCUT2D eigenvalue weighted by molar-refractivity contribution is 0.697. The van der Waals surface area contributed by atoms with Crippen molar-refractivity contribution in [1.82, 2.24) is 0 Å². The van der Waals surface area contributed by atoms with Crippen LogP contribution in [0.3, 0.4) is 0 Å². The van der Waals surface area contributed by atoms with Crippen LogP contribution >= 0.6 is 45.8 Å². The topological polar surface area (TPSA) is 0 Å². The quantitative estimate of drug-likeness (QED) is 0.341. The van der Waals surface area contributed by atoms with E-state index in [0.29, 0.717) is 0 Å². The van der Waals surface area contributed by atoms with Crippen LogP contribution in [0.2, 0.25) is 0 Å². The first-order valence-electron chi connectivity index (χ1n) is 9.28. The summed E-state index contributed by atoms with van der Waals surface area (Å²) in [6, 6.07) is 6.74. The Morgan fingerprint density at radius 2 is 1.27 bits per heavy atom. The number of allylic oxidation sites excluding steroid dienone is 2. The van der Waals surface area contributed by atoms with Crippen LogP contribution in [0.1, 0.15) is 44.2 Å². The van der Waals surface area contributed by atoms with Crippen molar-refractivity contribution in [3.05, 3.63) is 77.8 Å². The minimum Gasteiger partial charge on any atom is -0.152 e. The lowest BCUT2D eigenvalue weighted by atomic mass is 10.00. The molecule has 0 spiro atoms. The summed E-state index contributed by atoms with van der Waals surface area (Å²) >= 11 is 7.71. The molecule has 3 aromatic heterocycles. The van der Waals surface area contributed by atoms with E-state index in [2.05, 4.69) is 46.5 Å². The van der Waals surface area contributed by atoms with Crippen LogP contribution in [-0.4, -0.2) is 0 Å². The monoisotopic (exact) mass is 416 g/mol. The molecule has 0 fully saturated rings. The van der Waals surface area contributed by atoms with Gasteiger partial charge in [0.1, 0.15) is 0 Å². The molecule has 1 aliphatic heterocycles. The molecule has 2 aliphatic carbocycles. The predicted molar refractivity (Wildman–Crippen MR) is 121 cm³/mol. The molecule has 26 heavy (non-hydrogen) atoms. The maximum absolute atomic E-state index is 2.28. The van der Waals surface area contributed by atoms with Crippen LogP contribution in [0, 0.1) is 0 Å². The number of aryl methyl sites for hydroxylation is 2. The van der Waals surface area contributed by atoms with Gasteiger partial charge in [0, 0.05) is 32.6 Å². The van der Waals surface area contributed by atoms with Gasteiger partial charge in [-0.2, -0.15) is 11.8 Å². The van der Waals surface area contributed by atoms with Crippen molar-refractivity contribution >= 4 is 45.8 Å². The van der Waals surface area contributed by atoms with Crippen LogP contribution in [0.4, 0.5) is 0 Å². The van der Waals surface area contributed by atoms with E-state index in [1.54, 1.807) is 25.8 Å². The van der Waals surface area contributed by atoms with Crippen molar-refractivity contribution in [3.63, 3.8) is 0 Å². The first-order valence-corrected chi connectivity index (χ1v) is 13.1. The molecule has 0 radical (unpaired) electrons. The molecule has 0 N–H and O–H groups in total. The molecule has 0 atom stereocenters. The van der Waals surface area contributed by atoms with E-state index in [0.717, 1.165) is 12.8 Å². The molecular weight excluding hydrogens is 393 g/mol. The Balaban J connectivity index is 0.0000000972. The zero-order chi connectivity index (χ0) is 17.6. The number of thiophene rings is 3. The summed E-state index contributed by atoms with van der Waals surface area (Å²) in [6.07, 6.45) is 12.3. The van der Waals surface area contributed by atoms with Gasteiger partial charge in [-0.15, -0.1) is 34.0 Å². The van der Waals surface area contributed by atoms with Gasteiger partial charge in [-0.3, -0.25) is 0 Å². The Morgan fingerprint density at radius 1 is 0.577 bits per heavy atom. The lowest BCUT2D eigenvalue weighted by Gasteiger charge is -2.08. The third kappa shape index (κ3) is 4.72. The van der Waals surface area contributed by atoms with Gasteiger partial charge in [-0.1, -0.05) is 12.2 Å². The van der Waals surface area contributed by atoms with Gasteiger partial charge >= 0.3 is 0 Å². The van der Waals surface area contributed by atoms with Crippen molar-refractivity contribution in [1.29, 1.82) is 0 Å². The molecule has 3 aromatic rings. The third-order valence-corrected chi connectivity index (χ3v) is 9.07. The second kappa shape index (κ2) is 9.41. The fourth-order valence-corrected chi connectivity index (χ4v) is 7.55. The van der Waals surface area contributed by atoms with Crippen molar-refractivity contribution in [2.75, 3.05) is 0 Å². The molecule has 3 aliphatic rings. The molecule has 0 amide bonds. The average Bonchev–Trinajstić information content (AvgIpc) is 3.46. The summed E-state index contributed by atoms with van der Waals surface area (Å²) in [7, 11) is 0. The smallest absolute Gasteiger partial charge is 0.0285 e. The summed E-state index contributed by atoms with van der Waals surface area (Å²) in [5, 5.41) is 6.58. The molecule has 0 bridgehead atoms. The summed E-state index contributed by atoms with van der Waals surface area (Å²) in [4.78, 5) is 4.79. The fourth-order valence-electron chi connectivity index (χ4n) is 3.41. The standard InChI is InChI=1S/C8H10S.C8H8S.C6H6S2/c2*1-2-4-8-7(3-1)5-6-9-8;1-2-8-6-4-7-3-5(1)6/h5-6H,1-4H2;1-2,5-6H,3-4H2;1-2H,3-4H2. The fraction of sp³-hybridized carbons (Fsp3) is 0.364. The largest absolute Gasteiger partial charge is 0.152 e. The van der Waals surface area contributed by atoms with Crippen molar-refractivity contribution < 1.29 is 0 Å². The second-order valence-corrected chi connectivity index (χ2v) is 10.7. The van der Waals surface area contributed by atoms with Gasteiger partial charge in [0.05, 0.1) is 0 Å². The highest BCUT2D eigenvalue weighted by Gasteiger charge is 2.10. The Labute approximate surface area is 173 Å². The van der Waals surface area contributed by atoms with Crippen LogP contribution in [0.25, 0.3) is 0 Å². The molecule has 0 unspecified atom stereocenters. The normalized spacial score (nSPS) is 16.5. The van der Waals surface area contributed by atoms with Gasteiger partial charge in [0.15, 0.2) is 0 Å². The van der Waals surface area contributed by atoms with Crippen LogP contribution < -0.4 is 0 Å². The van der Waals surface area contributed by atoms with Crippen molar-refractivity contribution in [2.24, 2.45) is 0 Å². The summed E-state index contributed by atoms with van der Waals surface area (Å²) in [6.45, 7) is 0. The van der Waals surface area contributed by atoms with E-state index < -0.39 is 0 Å². The Kier molecular flexibility index (Phi) is 6.71. The first kappa shape index (κ1) is 18.5. The van der Waals surface area contributed by atoms with Crippen LogP contribution in [-0.2, 0) is 37.2 Å². The summed E-state index contributed by atoms with van der Waals surface area (Å²) in [5.74, 6) is 2.51. The lowest BCUT2D eigenvalue weighted by Crippen LogP contribution is -1.96. The zero-order valence-electron chi connectivity index (χ0n) is 14.9. The van der Waals surface area contributed by atoms with E-state index in [1.165, 1.54) is 42.8 Å². The van der Waals surface area contributed by atoms with E-state index in [1.807, 2.05) is 45.8 Å². The minimum absolute atomic E-state index is 1.15. The van der Waals surface area contributed by atoms with E-state index in [-0.39, 0.29) is 0 Å². The van der Waals surface area contributed by atoms with Crippen molar-refractivity contribution in [2.45, 2.75) is 50.0 Å². The van der Waals surface area contributed by atoms with Crippen LogP contribution in [0.5, 0.6) is 0 Å². The molecule has 6 rings (SSSR count). The first-order chi connectivity index (χ1) is 12.9. The van der Waals surface area contributed by atoms with Gasteiger partial charge in [-0.25, -0.2) is 0 Å². The molecule has 4 heterocycles. The minimum atomic E-state index is 1.15. The second-order valence-electron chi connectivity index (χ2n) is 6.69. The average molecular weight is 417 g/mol. The van der Waals surface area contributed by atoms with Gasteiger partial charge in [0.25, 0.3) is 0 Å². The molecule has 136 valence electrons. The Morgan fingerprint density at radius 3 is 2.08 bits per heavy atom. The zero-order valence-corrected chi connectivity index (χ0v) is 18.2. The van der Waals surface area contributed by atoms with Gasteiger partial charge < -0.3 is 0 Å². The van der Waals surface area contributed by atoms with E-state index >= 15 is 0 Å². The SMILES string of the molecule is C1=CCc2sccc2C1.c1cc2c(s1)CCCC2.c1cc2c(s1)CSC2. The number of thioether (sulfide) groups is 1.